The number of nitrogens with zero attached hydrogens (tertiary/aromatic N) is 3. The van der Waals surface area contributed by atoms with Crippen molar-refractivity contribution in [3.8, 4) is 0 Å². The lowest BCUT2D eigenvalue weighted by molar-refractivity contribution is 0.282. The molecular formula is C9H15N3. The normalized spacial score (nSPS) is 24.9. The second-order valence-electron chi connectivity index (χ2n) is 3.54. The van der Waals surface area contributed by atoms with Crippen LogP contribution in [0.2, 0.25) is 0 Å². The molecule has 0 aromatic carbocycles. The van der Waals surface area contributed by atoms with Gasteiger partial charge in [-0.25, -0.2) is 4.98 Å². The molecule has 1 aromatic rings. The van der Waals surface area contributed by atoms with Crippen LogP contribution in [0, 0.1) is 0 Å². The van der Waals surface area contributed by atoms with Gasteiger partial charge in [0.25, 0.3) is 0 Å². The number of hydrogen-bond acceptors (Lipinski definition) is 2. The Bertz CT molecular complexity index is 230. The van der Waals surface area contributed by atoms with Crippen LogP contribution in [0.25, 0.3) is 0 Å². The molecular weight excluding hydrogens is 150 g/mol. The van der Waals surface area contributed by atoms with Crippen LogP contribution in [0.1, 0.15) is 12.8 Å². The summed E-state index contributed by atoms with van der Waals surface area (Å²) >= 11 is 0. The van der Waals surface area contributed by atoms with Crippen LogP contribution in [0.3, 0.4) is 0 Å². The Labute approximate surface area is 73.0 Å². The average molecular weight is 165 g/mol. The van der Waals surface area contributed by atoms with E-state index in [4.69, 9.17) is 0 Å². The Hall–Kier alpha value is -0.830. The van der Waals surface area contributed by atoms with E-state index in [1.54, 1.807) is 0 Å². The van der Waals surface area contributed by atoms with Crippen LogP contribution in [0.4, 0.5) is 0 Å². The molecule has 2 rings (SSSR count). The van der Waals surface area contributed by atoms with Crippen molar-refractivity contribution in [3.63, 3.8) is 0 Å². The maximum Gasteiger partial charge on any atom is 0.0946 e. The molecule has 1 aromatic heterocycles. The van der Waals surface area contributed by atoms with Gasteiger partial charge in [0, 0.05) is 25.0 Å². The first kappa shape index (κ1) is 7.80. The van der Waals surface area contributed by atoms with Crippen molar-refractivity contribution in [2.75, 3.05) is 13.6 Å². The SMILES string of the molecule is CN1CCC[C@H]1Cn1ccnc1. The molecule has 0 radical (unpaired) electrons. The van der Waals surface area contributed by atoms with E-state index in [1.807, 2.05) is 18.7 Å². The van der Waals surface area contributed by atoms with Gasteiger partial charge < -0.3 is 9.47 Å². The smallest absolute Gasteiger partial charge is 0.0946 e. The van der Waals surface area contributed by atoms with Crippen molar-refractivity contribution in [2.24, 2.45) is 0 Å². The van der Waals surface area contributed by atoms with E-state index in [2.05, 4.69) is 21.5 Å². The molecule has 0 aliphatic carbocycles. The molecule has 0 saturated carbocycles. The topological polar surface area (TPSA) is 21.1 Å². The van der Waals surface area contributed by atoms with Crippen molar-refractivity contribution in [1.29, 1.82) is 0 Å². The van der Waals surface area contributed by atoms with E-state index in [1.165, 1.54) is 19.4 Å². The lowest BCUT2D eigenvalue weighted by Gasteiger charge is -2.19. The summed E-state index contributed by atoms with van der Waals surface area (Å²) in [7, 11) is 2.20. The van der Waals surface area contributed by atoms with Crippen molar-refractivity contribution in [3.05, 3.63) is 18.7 Å². The zero-order valence-electron chi connectivity index (χ0n) is 7.48. The van der Waals surface area contributed by atoms with Crippen LogP contribution in [-0.4, -0.2) is 34.1 Å². The number of likely N-dealkylation sites (N-methyl/N-ethyl adjacent to an activating group) is 1. The molecule has 0 unspecified atom stereocenters. The molecule has 3 heteroatoms. The Balaban J connectivity index is 1.95. The highest BCUT2D eigenvalue weighted by molar-refractivity contribution is 4.81. The maximum absolute atomic E-state index is 4.03. The summed E-state index contributed by atoms with van der Waals surface area (Å²) in [5, 5.41) is 0. The average Bonchev–Trinajstić information content (AvgIpc) is 2.65. The largest absolute Gasteiger partial charge is 0.336 e. The number of likely N-dealkylation sites (tertiary alicyclic amines) is 1. The monoisotopic (exact) mass is 165 g/mol. The minimum atomic E-state index is 0.721. The van der Waals surface area contributed by atoms with Crippen LogP contribution in [0.5, 0.6) is 0 Å². The Morgan fingerprint density at radius 1 is 1.58 bits per heavy atom. The van der Waals surface area contributed by atoms with Crippen LogP contribution < -0.4 is 0 Å². The van der Waals surface area contributed by atoms with Crippen molar-refractivity contribution >= 4 is 0 Å². The van der Waals surface area contributed by atoms with Gasteiger partial charge in [-0.15, -0.1) is 0 Å². The number of aromatic nitrogens is 2. The van der Waals surface area contributed by atoms with E-state index in [0.717, 1.165) is 12.6 Å². The quantitative estimate of drug-likeness (QED) is 0.651. The Kier molecular flexibility index (Phi) is 2.13. The number of hydrogen-bond donors (Lipinski definition) is 0. The molecule has 0 amide bonds. The predicted octanol–water partition coefficient (Wildman–Crippen LogP) is 0.977. The summed E-state index contributed by atoms with van der Waals surface area (Å²) in [6.07, 6.45) is 8.44. The first-order valence-corrected chi connectivity index (χ1v) is 4.52. The molecule has 0 N–H and O–H groups in total. The second-order valence-corrected chi connectivity index (χ2v) is 3.54. The van der Waals surface area contributed by atoms with Gasteiger partial charge in [0.05, 0.1) is 6.33 Å². The molecule has 1 atom stereocenters. The summed E-state index contributed by atoms with van der Waals surface area (Å²) in [5.41, 5.74) is 0. The fourth-order valence-electron chi connectivity index (χ4n) is 1.85. The van der Waals surface area contributed by atoms with Gasteiger partial charge >= 0.3 is 0 Å². The molecule has 2 heterocycles. The number of rotatable bonds is 2. The van der Waals surface area contributed by atoms with Crippen molar-refractivity contribution < 1.29 is 0 Å². The highest BCUT2D eigenvalue weighted by Gasteiger charge is 2.20. The van der Waals surface area contributed by atoms with E-state index in [-0.39, 0.29) is 0 Å². The second kappa shape index (κ2) is 3.27. The van der Waals surface area contributed by atoms with Gasteiger partial charge in [-0.2, -0.15) is 0 Å². The van der Waals surface area contributed by atoms with Gasteiger partial charge in [-0.1, -0.05) is 0 Å². The molecule has 1 aliphatic heterocycles. The van der Waals surface area contributed by atoms with Gasteiger partial charge in [0.2, 0.25) is 0 Å². The van der Waals surface area contributed by atoms with Crippen molar-refractivity contribution in [2.45, 2.75) is 25.4 Å². The fourth-order valence-corrected chi connectivity index (χ4v) is 1.85. The van der Waals surface area contributed by atoms with Crippen LogP contribution in [0.15, 0.2) is 18.7 Å². The molecule has 1 saturated heterocycles. The lowest BCUT2D eigenvalue weighted by Crippen LogP contribution is -2.28. The molecule has 1 fully saturated rings. The summed E-state index contributed by atoms with van der Waals surface area (Å²) in [6.45, 7) is 2.34. The highest BCUT2D eigenvalue weighted by atomic mass is 15.2. The third-order valence-electron chi connectivity index (χ3n) is 2.65. The van der Waals surface area contributed by atoms with E-state index in [0.29, 0.717) is 0 Å². The highest BCUT2D eigenvalue weighted by Crippen LogP contribution is 2.15. The van der Waals surface area contributed by atoms with Crippen LogP contribution >= 0.6 is 0 Å². The Morgan fingerprint density at radius 3 is 3.08 bits per heavy atom. The molecule has 0 spiro atoms. The predicted molar refractivity (Wildman–Crippen MR) is 47.9 cm³/mol. The third-order valence-corrected chi connectivity index (χ3v) is 2.65. The van der Waals surface area contributed by atoms with E-state index >= 15 is 0 Å². The van der Waals surface area contributed by atoms with E-state index in [9.17, 15) is 0 Å². The fraction of sp³-hybridized carbons (Fsp3) is 0.667. The third kappa shape index (κ3) is 1.50. The lowest BCUT2D eigenvalue weighted by atomic mass is 10.2. The molecule has 0 bridgehead atoms. The summed E-state index contributed by atoms with van der Waals surface area (Å²) < 4.78 is 2.16. The minimum absolute atomic E-state index is 0.721. The summed E-state index contributed by atoms with van der Waals surface area (Å²) in [4.78, 5) is 6.46. The summed E-state index contributed by atoms with van der Waals surface area (Å²) in [5.74, 6) is 0. The first-order chi connectivity index (χ1) is 5.86. The molecule has 12 heavy (non-hydrogen) atoms. The van der Waals surface area contributed by atoms with Gasteiger partial charge in [-0.3, -0.25) is 0 Å². The standard InChI is InChI=1S/C9H15N3/c1-11-5-2-3-9(11)7-12-6-4-10-8-12/h4,6,8-9H,2-3,5,7H2,1H3/t9-/m0/s1. The Morgan fingerprint density at radius 2 is 2.50 bits per heavy atom. The van der Waals surface area contributed by atoms with Crippen LogP contribution in [-0.2, 0) is 6.54 Å². The van der Waals surface area contributed by atoms with Gasteiger partial charge in [0.15, 0.2) is 0 Å². The van der Waals surface area contributed by atoms with Gasteiger partial charge in [-0.05, 0) is 26.4 Å². The molecule has 3 nitrogen and oxygen atoms in total. The molecule has 66 valence electrons. The zero-order chi connectivity index (χ0) is 8.39. The molecule has 1 aliphatic rings. The summed E-state index contributed by atoms with van der Waals surface area (Å²) in [6, 6.07) is 0.721. The van der Waals surface area contributed by atoms with E-state index < -0.39 is 0 Å². The number of imidazole rings is 1. The minimum Gasteiger partial charge on any atom is -0.336 e. The van der Waals surface area contributed by atoms with Gasteiger partial charge in [0.1, 0.15) is 0 Å². The van der Waals surface area contributed by atoms with Crippen molar-refractivity contribution in [1.82, 2.24) is 14.5 Å². The zero-order valence-corrected chi connectivity index (χ0v) is 7.48. The first-order valence-electron chi connectivity index (χ1n) is 4.52. The maximum atomic E-state index is 4.03.